The number of aryl methyl sites for hydroxylation is 1. The summed E-state index contributed by atoms with van der Waals surface area (Å²) in [5.74, 6) is 1.79. The molecule has 0 aliphatic heterocycles. The van der Waals surface area contributed by atoms with Crippen molar-refractivity contribution in [1.82, 2.24) is 14.9 Å². The van der Waals surface area contributed by atoms with Crippen LogP contribution in [0.2, 0.25) is 0 Å². The number of nitrogens with zero attached hydrogens (tertiary/aromatic N) is 2. The monoisotopic (exact) mass is 279 g/mol. The van der Waals surface area contributed by atoms with Gasteiger partial charge in [0.2, 0.25) is 0 Å². The van der Waals surface area contributed by atoms with Gasteiger partial charge in [-0.1, -0.05) is 0 Å². The molecular weight excluding hydrogens is 258 g/mol. The number of aliphatic hydroxyl groups is 1. The minimum atomic E-state index is -0.522. The molecule has 1 unspecified atom stereocenters. The van der Waals surface area contributed by atoms with Crippen molar-refractivity contribution in [2.24, 2.45) is 7.05 Å². The fraction of sp³-hybridized carbons (Fsp3) is 0.500. The fourth-order valence-electron chi connectivity index (χ4n) is 1.86. The maximum Gasteiger partial charge on any atom is 0.129 e. The topological polar surface area (TPSA) is 72.5 Å². The molecule has 2 rings (SSSR count). The zero-order valence-corrected chi connectivity index (χ0v) is 11.7. The summed E-state index contributed by atoms with van der Waals surface area (Å²) in [6, 6.07) is 3.66. The van der Waals surface area contributed by atoms with Crippen LogP contribution in [0.4, 0.5) is 0 Å². The van der Waals surface area contributed by atoms with Crippen LogP contribution < -0.4 is 5.32 Å². The van der Waals surface area contributed by atoms with E-state index < -0.39 is 6.10 Å². The van der Waals surface area contributed by atoms with E-state index in [0.717, 1.165) is 24.6 Å². The van der Waals surface area contributed by atoms with Gasteiger partial charge in [0, 0.05) is 39.0 Å². The van der Waals surface area contributed by atoms with Crippen LogP contribution >= 0.6 is 0 Å². The van der Waals surface area contributed by atoms with Crippen LogP contribution in [0.15, 0.2) is 35.2 Å². The third-order valence-corrected chi connectivity index (χ3v) is 2.96. The fourth-order valence-corrected chi connectivity index (χ4v) is 1.86. The number of aliphatic hydroxyl groups excluding tert-OH is 1. The van der Waals surface area contributed by atoms with Gasteiger partial charge in [0.15, 0.2) is 0 Å². The van der Waals surface area contributed by atoms with E-state index >= 15 is 0 Å². The first-order valence-electron chi connectivity index (χ1n) is 6.71. The van der Waals surface area contributed by atoms with E-state index in [4.69, 9.17) is 9.15 Å². The van der Waals surface area contributed by atoms with E-state index in [-0.39, 0.29) is 6.61 Å². The SMILES string of the molecule is Cn1ccnc1CCNCC(O)COCc1ccco1. The van der Waals surface area contributed by atoms with Crippen molar-refractivity contribution in [1.29, 1.82) is 0 Å². The summed E-state index contributed by atoms with van der Waals surface area (Å²) in [5, 5.41) is 12.9. The Morgan fingerprint density at radius 1 is 1.55 bits per heavy atom. The third-order valence-electron chi connectivity index (χ3n) is 2.96. The van der Waals surface area contributed by atoms with Crippen molar-refractivity contribution in [3.63, 3.8) is 0 Å². The van der Waals surface area contributed by atoms with Crippen molar-refractivity contribution in [3.8, 4) is 0 Å². The second-order valence-corrected chi connectivity index (χ2v) is 4.66. The summed E-state index contributed by atoms with van der Waals surface area (Å²) in [6.07, 6.45) is 5.63. The number of imidazole rings is 1. The van der Waals surface area contributed by atoms with Crippen molar-refractivity contribution < 1.29 is 14.3 Å². The van der Waals surface area contributed by atoms with E-state index in [0.29, 0.717) is 13.2 Å². The highest BCUT2D eigenvalue weighted by molar-refractivity contribution is 4.96. The molecule has 2 heterocycles. The van der Waals surface area contributed by atoms with Gasteiger partial charge in [0.05, 0.1) is 19.0 Å². The minimum absolute atomic E-state index is 0.288. The Kier molecular flexibility index (Phi) is 5.79. The number of hydrogen-bond donors (Lipinski definition) is 2. The summed E-state index contributed by atoms with van der Waals surface area (Å²) in [7, 11) is 1.97. The standard InChI is InChI=1S/C14H21N3O3/c1-17-7-6-16-14(17)4-5-15-9-12(18)10-19-11-13-3-2-8-20-13/h2-3,6-8,12,15,18H,4-5,9-11H2,1H3. The van der Waals surface area contributed by atoms with E-state index in [2.05, 4.69) is 10.3 Å². The maximum atomic E-state index is 9.75. The molecular formula is C14H21N3O3. The van der Waals surface area contributed by atoms with Crippen molar-refractivity contribution in [2.45, 2.75) is 19.1 Å². The molecule has 0 aliphatic rings. The van der Waals surface area contributed by atoms with Crippen LogP contribution in [-0.2, 0) is 24.8 Å². The van der Waals surface area contributed by atoms with Gasteiger partial charge < -0.3 is 24.1 Å². The molecule has 0 spiro atoms. The van der Waals surface area contributed by atoms with Crippen molar-refractivity contribution in [2.75, 3.05) is 19.7 Å². The second kappa shape index (κ2) is 7.84. The summed E-state index contributed by atoms with van der Waals surface area (Å²) < 4.78 is 12.5. The molecule has 2 aromatic rings. The average Bonchev–Trinajstić information content (AvgIpc) is 3.07. The van der Waals surface area contributed by atoms with E-state index in [1.807, 2.05) is 29.9 Å². The summed E-state index contributed by atoms with van der Waals surface area (Å²) >= 11 is 0. The first kappa shape index (κ1) is 14.8. The van der Waals surface area contributed by atoms with Gasteiger partial charge in [-0.15, -0.1) is 0 Å². The highest BCUT2D eigenvalue weighted by Crippen LogP contribution is 2.02. The number of aromatic nitrogens is 2. The van der Waals surface area contributed by atoms with Gasteiger partial charge in [-0.05, 0) is 12.1 Å². The smallest absolute Gasteiger partial charge is 0.129 e. The molecule has 110 valence electrons. The summed E-state index contributed by atoms with van der Waals surface area (Å²) in [5.41, 5.74) is 0. The lowest BCUT2D eigenvalue weighted by Crippen LogP contribution is -2.31. The molecule has 0 aromatic carbocycles. The Morgan fingerprint density at radius 3 is 3.15 bits per heavy atom. The van der Waals surface area contributed by atoms with Gasteiger partial charge in [0.25, 0.3) is 0 Å². The number of furan rings is 1. The minimum Gasteiger partial charge on any atom is -0.467 e. The Bertz CT molecular complexity index is 482. The van der Waals surface area contributed by atoms with Gasteiger partial charge in [0.1, 0.15) is 18.2 Å². The molecule has 0 radical (unpaired) electrons. The lowest BCUT2D eigenvalue weighted by Gasteiger charge is -2.11. The molecule has 0 saturated heterocycles. The zero-order valence-electron chi connectivity index (χ0n) is 11.7. The average molecular weight is 279 g/mol. The quantitative estimate of drug-likeness (QED) is 0.662. The summed E-state index contributed by atoms with van der Waals surface area (Å²) in [4.78, 5) is 4.24. The number of hydrogen-bond acceptors (Lipinski definition) is 5. The Labute approximate surface area is 118 Å². The Balaban J connectivity index is 1.52. The zero-order chi connectivity index (χ0) is 14.2. The highest BCUT2D eigenvalue weighted by Gasteiger charge is 2.05. The molecule has 20 heavy (non-hydrogen) atoms. The highest BCUT2D eigenvalue weighted by atomic mass is 16.5. The lowest BCUT2D eigenvalue weighted by molar-refractivity contribution is 0.0228. The van der Waals surface area contributed by atoms with Crippen molar-refractivity contribution in [3.05, 3.63) is 42.4 Å². The Morgan fingerprint density at radius 2 is 2.45 bits per heavy atom. The van der Waals surface area contributed by atoms with Gasteiger partial charge in [-0.2, -0.15) is 0 Å². The first-order chi connectivity index (χ1) is 9.75. The molecule has 2 aromatic heterocycles. The van der Waals surface area contributed by atoms with Crippen LogP contribution in [0.3, 0.4) is 0 Å². The van der Waals surface area contributed by atoms with Gasteiger partial charge in [-0.25, -0.2) is 4.98 Å². The molecule has 0 aliphatic carbocycles. The summed E-state index contributed by atoms with van der Waals surface area (Å²) in [6.45, 7) is 1.95. The van der Waals surface area contributed by atoms with Gasteiger partial charge >= 0.3 is 0 Å². The molecule has 0 fully saturated rings. The normalized spacial score (nSPS) is 12.7. The van der Waals surface area contributed by atoms with Crippen LogP contribution in [0.25, 0.3) is 0 Å². The predicted octanol–water partition coefficient (Wildman–Crippen LogP) is 0.723. The van der Waals surface area contributed by atoms with Crippen LogP contribution in [0, 0.1) is 0 Å². The predicted molar refractivity (Wildman–Crippen MR) is 74.2 cm³/mol. The largest absolute Gasteiger partial charge is 0.467 e. The van der Waals surface area contributed by atoms with Crippen molar-refractivity contribution >= 4 is 0 Å². The Hall–Kier alpha value is -1.63. The van der Waals surface area contributed by atoms with E-state index in [9.17, 15) is 5.11 Å². The lowest BCUT2D eigenvalue weighted by atomic mass is 10.3. The van der Waals surface area contributed by atoms with Crippen LogP contribution in [-0.4, -0.2) is 40.5 Å². The van der Waals surface area contributed by atoms with Gasteiger partial charge in [-0.3, -0.25) is 0 Å². The third kappa shape index (κ3) is 4.80. The number of rotatable bonds is 9. The molecule has 6 nitrogen and oxygen atoms in total. The second-order valence-electron chi connectivity index (χ2n) is 4.66. The molecule has 0 saturated carbocycles. The molecule has 1 atom stereocenters. The first-order valence-corrected chi connectivity index (χ1v) is 6.71. The molecule has 6 heteroatoms. The number of nitrogens with one attached hydrogen (secondary N) is 1. The van der Waals surface area contributed by atoms with Crippen LogP contribution in [0.1, 0.15) is 11.6 Å². The molecule has 0 amide bonds. The van der Waals surface area contributed by atoms with E-state index in [1.54, 1.807) is 12.5 Å². The molecule has 0 bridgehead atoms. The van der Waals surface area contributed by atoms with E-state index in [1.165, 1.54) is 0 Å². The van der Waals surface area contributed by atoms with Crippen LogP contribution in [0.5, 0.6) is 0 Å². The maximum absolute atomic E-state index is 9.75. The number of ether oxygens (including phenoxy) is 1. The molecule has 2 N–H and O–H groups in total.